The molecule has 0 aromatic carbocycles. The summed E-state index contributed by atoms with van der Waals surface area (Å²) in [7, 11) is 0. The van der Waals surface area contributed by atoms with Crippen LogP contribution in [-0.4, -0.2) is 47.9 Å². The lowest BCUT2D eigenvalue weighted by Gasteiger charge is -2.34. The Morgan fingerprint density at radius 2 is 1.95 bits per heavy atom. The summed E-state index contributed by atoms with van der Waals surface area (Å²) in [6.07, 6.45) is 2.31. The van der Waals surface area contributed by atoms with E-state index in [0.717, 1.165) is 37.4 Å². The van der Waals surface area contributed by atoms with Crippen LogP contribution in [0.3, 0.4) is 0 Å². The minimum absolute atomic E-state index is 0.0319. The van der Waals surface area contributed by atoms with E-state index in [2.05, 4.69) is 23.8 Å². The third-order valence-corrected chi connectivity index (χ3v) is 5.46. The van der Waals surface area contributed by atoms with Crippen molar-refractivity contribution in [3.05, 3.63) is 10.6 Å². The Balaban J connectivity index is 1.79. The molecule has 1 aliphatic carbocycles. The molecule has 0 spiro atoms. The maximum Gasteiger partial charge on any atom is 0.199 e. The van der Waals surface area contributed by atoms with Crippen molar-refractivity contribution in [3.63, 3.8) is 0 Å². The van der Waals surface area contributed by atoms with Crippen molar-refractivity contribution in [2.75, 3.05) is 13.1 Å². The zero-order valence-corrected chi connectivity index (χ0v) is 13.7. The largest absolute Gasteiger partial charge is 0.388 e. The van der Waals surface area contributed by atoms with Crippen molar-refractivity contribution < 1.29 is 5.11 Å². The van der Waals surface area contributed by atoms with Crippen molar-refractivity contribution in [2.24, 2.45) is 0 Å². The van der Waals surface area contributed by atoms with Crippen LogP contribution < -0.4 is 0 Å². The van der Waals surface area contributed by atoms with E-state index in [0.29, 0.717) is 22.4 Å². The quantitative estimate of drug-likeness (QED) is 0.862. The summed E-state index contributed by atoms with van der Waals surface area (Å²) in [5, 5.41) is 15.3. The molecule has 2 fully saturated rings. The highest BCUT2D eigenvalue weighted by atomic mass is 32.2. The zero-order valence-electron chi connectivity index (χ0n) is 12.0. The number of nitrogens with zero attached hydrogens (tertiary/aromatic N) is 4. The molecule has 1 aliphatic heterocycles. The van der Waals surface area contributed by atoms with E-state index in [-0.39, 0.29) is 6.61 Å². The summed E-state index contributed by atoms with van der Waals surface area (Å²) < 4.78 is 4.69. The molecule has 1 saturated heterocycles. The summed E-state index contributed by atoms with van der Waals surface area (Å²) in [5.74, 6) is 0.713. The summed E-state index contributed by atoms with van der Waals surface area (Å²) in [5.41, 5.74) is 0. The average Bonchev–Trinajstić information content (AvgIpc) is 3.15. The van der Waals surface area contributed by atoms with Crippen LogP contribution in [0.4, 0.5) is 0 Å². The first kappa shape index (κ1) is 14.6. The Kier molecular flexibility index (Phi) is 4.21. The van der Waals surface area contributed by atoms with Gasteiger partial charge in [-0.3, -0.25) is 9.47 Å². The average molecular weight is 314 g/mol. The fourth-order valence-corrected chi connectivity index (χ4v) is 4.69. The number of hydrogen-bond acceptors (Lipinski definition) is 5. The lowest BCUT2D eigenvalue weighted by molar-refractivity contribution is 0.201. The van der Waals surface area contributed by atoms with E-state index >= 15 is 0 Å². The second-order valence-electron chi connectivity index (χ2n) is 5.89. The zero-order chi connectivity index (χ0) is 14.3. The molecule has 0 bridgehead atoms. The molecule has 1 aromatic rings. The molecular weight excluding hydrogens is 292 g/mol. The van der Waals surface area contributed by atoms with E-state index in [9.17, 15) is 5.11 Å². The van der Waals surface area contributed by atoms with E-state index < -0.39 is 0 Å². The molecule has 3 rings (SSSR count). The third-order valence-electron chi connectivity index (χ3n) is 3.82. The number of rotatable bonds is 4. The van der Waals surface area contributed by atoms with Gasteiger partial charge in [0.05, 0.1) is 6.67 Å². The van der Waals surface area contributed by atoms with Gasteiger partial charge in [0, 0.05) is 29.6 Å². The molecule has 1 aromatic heterocycles. The topological polar surface area (TPSA) is 46.2 Å². The molecule has 2 heterocycles. The van der Waals surface area contributed by atoms with Crippen molar-refractivity contribution >= 4 is 24.0 Å². The van der Waals surface area contributed by atoms with E-state index in [1.165, 1.54) is 0 Å². The Morgan fingerprint density at radius 3 is 2.50 bits per heavy atom. The summed E-state index contributed by atoms with van der Waals surface area (Å²) in [4.78, 5) is 2.41. The van der Waals surface area contributed by atoms with Crippen LogP contribution in [-0.2, 0) is 13.3 Å². The van der Waals surface area contributed by atoms with E-state index in [1.807, 2.05) is 21.0 Å². The SMILES string of the molecule is CC1CN(Cn2nc(CO)n(C3CC3)c2=S)CC(C)S1. The van der Waals surface area contributed by atoms with Gasteiger partial charge in [0.2, 0.25) is 0 Å². The molecule has 2 unspecified atom stereocenters. The molecule has 1 saturated carbocycles. The highest BCUT2D eigenvalue weighted by Crippen LogP contribution is 2.36. The van der Waals surface area contributed by atoms with Crippen molar-refractivity contribution in [1.29, 1.82) is 0 Å². The first-order valence-corrected chi connectivity index (χ1v) is 8.60. The molecular formula is C13H22N4OS2. The molecule has 112 valence electrons. The summed E-state index contributed by atoms with van der Waals surface area (Å²) >= 11 is 7.59. The summed E-state index contributed by atoms with van der Waals surface area (Å²) in [6.45, 7) is 7.39. The van der Waals surface area contributed by atoms with Crippen LogP contribution in [0, 0.1) is 4.77 Å². The number of aromatic nitrogens is 3. The van der Waals surface area contributed by atoms with E-state index in [1.54, 1.807) is 0 Å². The minimum atomic E-state index is -0.0319. The van der Waals surface area contributed by atoms with Gasteiger partial charge in [0.1, 0.15) is 6.61 Å². The van der Waals surface area contributed by atoms with Crippen LogP contribution in [0.1, 0.15) is 38.6 Å². The van der Waals surface area contributed by atoms with Crippen LogP contribution >= 0.6 is 24.0 Å². The molecule has 20 heavy (non-hydrogen) atoms. The number of thioether (sulfide) groups is 1. The molecule has 2 aliphatic rings. The monoisotopic (exact) mass is 314 g/mol. The first-order chi connectivity index (χ1) is 9.58. The molecule has 1 N–H and O–H groups in total. The Labute approximate surface area is 129 Å². The second kappa shape index (κ2) is 5.79. The third kappa shape index (κ3) is 2.95. The molecule has 5 nitrogen and oxygen atoms in total. The fourth-order valence-electron chi connectivity index (χ4n) is 2.95. The number of hydrogen-bond donors (Lipinski definition) is 1. The van der Waals surface area contributed by atoms with Gasteiger partial charge in [-0.2, -0.15) is 16.9 Å². The fraction of sp³-hybridized carbons (Fsp3) is 0.846. The highest BCUT2D eigenvalue weighted by molar-refractivity contribution is 8.00. The van der Waals surface area contributed by atoms with Crippen LogP contribution in [0.25, 0.3) is 0 Å². The minimum Gasteiger partial charge on any atom is -0.388 e. The number of aliphatic hydroxyl groups is 1. The Bertz CT molecular complexity index is 527. The second-order valence-corrected chi connectivity index (χ2v) is 8.14. The van der Waals surface area contributed by atoms with Gasteiger partial charge < -0.3 is 5.11 Å². The molecule has 0 radical (unpaired) electrons. The number of aliphatic hydroxyl groups excluding tert-OH is 1. The normalized spacial score (nSPS) is 27.9. The molecule has 7 heteroatoms. The Morgan fingerprint density at radius 1 is 1.30 bits per heavy atom. The maximum absolute atomic E-state index is 9.46. The van der Waals surface area contributed by atoms with Gasteiger partial charge in [-0.25, -0.2) is 4.68 Å². The molecule has 2 atom stereocenters. The predicted octanol–water partition coefficient (Wildman–Crippen LogP) is 2.02. The van der Waals surface area contributed by atoms with Gasteiger partial charge in [-0.1, -0.05) is 13.8 Å². The van der Waals surface area contributed by atoms with Gasteiger partial charge in [-0.15, -0.1) is 0 Å². The van der Waals surface area contributed by atoms with Gasteiger partial charge in [-0.05, 0) is 25.1 Å². The van der Waals surface area contributed by atoms with Crippen LogP contribution in [0.2, 0.25) is 0 Å². The van der Waals surface area contributed by atoms with Crippen molar-refractivity contribution in [3.8, 4) is 0 Å². The lowest BCUT2D eigenvalue weighted by Crippen LogP contribution is -2.41. The smallest absolute Gasteiger partial charge is 0.199 e. The van der Waals surface area contributed by atoms with Gasteiger partial charge in [0.15, 0.2) is 10.6 Å². The van der Waals surface area contributed by atoms with Crippen molar-refractivity contribution in [2.45, 2.75) is 56.5 Å². The van der Waals surface area contributed by atoms with Crippen LogP contribution in [0.15, 0.2) is 0 Å². The van der Waals surface area contributed by atoms with Gasteiger partial charge >= 0.3 is 0 Å². The maximum atomic E-state index is 9.46. The standard InChI is InChI=1S/C13H22N4OS2/c1-9-5-15(6-10(2)20-9)8-16-13(19)17(11-3-4-11)12(7-18)14-16/h9-11,18H,3-8H2,1-2H3. The molecule has 0 amide bonds. The lowest BCUT2D eigenvalue weighted by atomic mass is 10.3. The Hall–Kier alpha value is -0.370. The predicted molar refractivity (Wildman–Crippen MR) is 83.3 cm³/mol. The first-order valence-electron chi connectivity index (χ1n) is 7.25. The highest BCUT2D eigenvalue weighted by Gasteiger charge is 2.29. The van der Waals surface area contributed by atoms with Gasteiger partial charge in [0.25, 0.3) is 0 Å². The van der Waals surface area contributed by atoms with E-state index in [4.69, 9.17) is 12.2 Å². The van der Waals surface area contributed by atoms with Crippen LogP contribution in [0.5, 0.6) is 0 Å². The summed E-state index contributed by atoms with van der Waals surface area (Å²) in [6, 6.07) is 0.466. The van der Waals surface area contributed by atoms with Crippen molar-refractivity contribution in [1.82, 2.24) is 19.2 Å².